The summed E-state index contributed by atoms with van der Waals surface area (Å²) in [5, 5.41) is 5.38. The van der Waals surface area contributed by atoms with Gasteiger partial charge in [-0.2, -0.15) is 15.0 Å². The number of hydrogen-bond acceptors (Lipinski definition) is 6. The predicted octanol–water partition coefficient (Wildman–Crippen LogP) is 3.81. The summed E-state index contributed by atoms with van der Waals surface area (Å²) in [5.74, 6) is 1.08. The second-order valence-electron chi connectivity index (χ2n) is 4.24. The van der Waals surface area contributed by atoms with E-state index in [0.29, 0.717) is 11.9 Å². The minimum Gasteiger partial charge on any atom is -0.354 e. The van der Waals surface area contributed by atoms with Crippen molar-refractivity contribution in [3.8, 4) is 0 Å². The first kappa shape index (κ1) is 15.5. The van der Waals surface area contributed by atoms with Crippen LogP contribution in [0, 0.1) is 0 Å². The van der Waals surface area contributed by atoms with E-state index in [-0.39, 0.29) is 5.28 Å². The third-order valence-corrected chi connectivity index (χ3v) is 4.34. The molecule has 0 bridgehead atoms. The van der Waals surface area contributed by atoms with E-state index in [1.165, 1.54) is 4.88 Å². The highest BCUT2D eigenvalue weighted by atomic mass is 79.9. The number of nitrogens with zero attached hydrogens (tertiary/aromatic N) is 4. The van der Waals surface area contributed by atoms with Crippen LogP contribution in [0.5, 0.6) is 0 Å². The van der Waals surface area contributed by atoms with E-state index in [4.69, 9.17) is 11.6 Å². The monoisotopic (exact) mass is 375 g/mol. The molecule has 0 saturated carbocycles. The van der Waals surface area contributed by atoms with Crippen molar-refractivity contribution >= 4 is 50.8 Å². The fourth-order valence-corrected chi connectivity index (χ4v) is 3.23. The van der Waals surface area contributed by atoms with Crippen molar-refractivity contribution in [2.45, 2.75) is 19.9 Å². The molecular weight excluding hydrogens is 362 g/mol. The van der Waals surface area contributed by atoms with Crippen LogP contribution < -0.4 is 10.2 Å². The van der Waals surface area contributed by atoms with Gasteiger partial charge in [0.25, 0.3) is 0 Å². The van der Waals surface area contributed by atoms with Gasteiger partial charge in [-0.1, -0.05) is 6.92 Å². The van der Waals surface area contributed by atoms with Crippen molar-refractivity contribution in [3.05, 3.63) is 26.1 Å². The molecule has 0 unspecified atom stereocenters. The maximum absolute atomic E-state index is 5.95. The van der Waals surface area contributed by atoms with Crippen molar-refractivity contribution in [2.75, 3.05) is 23.8 Å². The molecule has 0 spiro atoms. The summed E-state index contributed by atoms with van der Waals surface area (Å²) in [6.45, 7) is 3.61. The van der Waals surface area contributed by atoms with Crippen LogP contribution >= 0.6 is 38.9 Å². The molecule has 0 aromatic carbocycles. The first-order valence-electron chi connectivity index (χ1n) is 6.18. The Morgan fingerprint density at radius 1 is 1.40 bits per heavy atom. The van der Waals surface area contributed by atoms with Gasteiger partial charge >= 0.3 is 0 Å². The zero-order valence-corrected chi connectivity index (χ0v) is 14.4. The molecule has 20 heavy (non-hydrogen) atoms. The summed E-state index contributed by atoms with van der Waals surface area (Å²) in [4.78, 5) is 15.8. The average Bonchev–Trinajstić information content (AvgIpc) is 2.81. The summed E-state index contributed by atoms with van der Waals surface area (Å²) < 4.78 is 1.09. The summed E-state index contributed by atoms with van der Waals surface area (Å²) in [6.07, 6.45) is 0.998. The summed E-state index contributed by atoms with van der Waals surface area (Å²) >= 11 is 11.1. The van der Waals surface area contributed by atoms with Crippen LogP contribution in [-0.2, 0) is 6.54 Å². The molecule has 0 aliphatic carbocycles. The fraction of sp³-hybridized carbons (Fsp3) is 0.417. The second-order valence-corrected chi connectivity index (χ2v) is 6.49. The number of halogens is 2. The Labute approximate surface area is 135 Å². The van der Waals surface area contributed by atoms with Gasteiger partial charge < -0.3 is 10.2 Å². The Kier molecular flexibility index (Phi) is 5.56. The van der Waals surface area contributed by atoms with Crippen molar-refractivity contribution in [3.63, 3.8) is 0 Å². The molecule has 5 nitrogen and oxygen atoms in total. The average molecular weight is 377 g/mol. The molecule has 2 heterocycles. The zero-order chi connectivity index (χ0) is 14.5. The normalized spacial score (nSPS) is 10.6. The third-order valence-electron chi connectivity index (χ3n) is 2.49. The van der Waals surface area contributed by atoms with Gasteiger partial charge in [0, 0.05) is 28.3 Å². The van der Waals surface area contributed by atoms with Crippen molar-refractivity contribution in [1.82, 2.24) is 15.0 Å². The van der Waals surface area contributed by atoms with E-state index < -0.39 is 0 Å². The van der Waals surface area contributed by atoms with E-state index in [9.17, 15) is 0 Å². The van der Waals surface area contributed by atoms with E-state index >= 15 is 0 Å². The Morgan fingerprint density at radius 3 is 2.85 bits per heavy atom. The van der Waals surface area contributed by atoms with Crippen LogP contribution in [0.2, 0.25) is 5.28 Å². The maximum atomic E-state index is 5.95. The van der Waals surface area contributed by atoms with Gasteiger partial charge in [0.15, 0.2) is 0 Å². The summed E-state index contributed by atoms with van der Waals surface area (Å²) in [7, 11) is 1.93. The van der Waals surface area contributed by atoms with E-state index in [0.717, 1.165) is 24.0 Å². The van der Waals surface area contributed by atoms with Crippen molar-refractivity contribution in [2.24, 2.45) is 0 Å². The SMILES string of the molecule is CCCNc1nc(Cl)nc(N(C)Cc2cc(Br)cs2)n1. The lowest BCUT2D eigenvalue weighted by Crippen LogP contribution is -2.20. The molecule has 108 valence electrons. The van der Waals surface area contributed by atoms with E-state index in [2.05, 4.69) is 54.6 Å². The minimum absolute atomic E-state index is 0.202. The Balaban J connectivity index is 2.12. The molecule has 0 aliphatic heterocycles. The molecule has 0 amide bonds. The van der Waals surface area contributed by atoms with Crippen LogP contribution in [0.25, 0.3) is 0 Å². The predicted molar refractivity (Wildman–Crippen MR) is 87.7 cm³/mol. The molecule has 0 saturated heterocycles. The molecule has 1 N–H and O–H groups in total. The fourth-order valence-electron chi connectivity index (χ4n) is 1.57. The number of hydrogen-bond donors (Lipinski definition) is 1. The molecule has 0 atom stereocenters. The van der Waals surface area contributed by atoms with Gasteiger partial charge in [-0.05, 0) is 40.0 Å². The topological polar surface area (TPSA) is 53.9 Å². The quantitative estimate of drug-likeness (QED) is 0.831. The van der Waals surface area contributed by atoms with Crippen LogP contribution in [0.15, 0.2) is 15.9 Å². The Hall–Kier alpha value is -0.920. The first-order valence-corrected chi connectivity index (χ1v) is 8.23. The molecule has 8 heteroatoms. The van der Waals surface area contributed by atoms with Gasteiger partial charge in [0.1, 0.15) is 0 Å². The first-order chi connectivity index (χ1) is 9.58. The molecule has 2 rings (SSSR count). The third kappa shape index (κ3) is 4.29. The number of anilines is 2. The zero-order valence-electron chi connectivity index (χ0n) is 11.2. The molecule has 0 aliphatic rings. The van der Waals surface area contributed by atoms with Crippen LogP contribution in [-0.4, -0.2) is 28.5 Å². The lowest BCUT2D eigenvalue weighted by Gasteiger charge is -2.16. The highest BCUT2D eigenvalue weighted by Crippen LogP contribution is 2.22. The highest BCUT2D eigenvalue weighted by Gasteiger charge is 2.10. The molecule has 2 aromatic rings. The maximum Gasteiger partial charge on any atom is 0.231 e. The number of nitrogens with one attached hydrogen (secondary N) is 1. The van der Waals surface area contributed by atoms with Gasteiger partial charge in [-0.3, -0.25) is 0 Å². The number of rotatable bonds is 6. The standard InChI is InChI=1S/C12H15BrClN5S/c1-3-4-15-11-16-10(14)17-12(18-11)19(2)6-9-5-8(13)7-20-9/h5,7H,3-4,6H2,1-2H3,(H,15,16,17,18). The molecule has 0 radical (unpaired) electrons. The second kappa shape index (κ2) is 7.19. The Bertz CT molecular complexity index is 577. The van der Waals surface area contributed by atoms with Gasteiger partial charge in [0.2, 0.25) is 17.2 Å². The van der Waals surface area contributed by atoms with Gasteiger partial charge in [-0.25, -0.2) is 0 Å². The lowest BCUT2D eigenvalue weighted by atomic mass is 10.4. The van der Waals surface area contributed by atoms with Gasteiger partial charge in [0.05, 0.1) is 6.54 Å². The smallest absolute Gasteiger partial charge is 0.231 e. The summed E-state index contributed by atoms with van der Waals surface area (Å²) in [6, 6.07) is 2.08. The largest absolute Gasteiger partial charge is 0.354 e. The Morgan fingerprint density at radius 2 is 2.20 bits per heavy atom. The highest BCUT2D eigenvalue weighted by molar-refractivity contribution is 9.10. The molecule has 0 fully saturated rings. The van der Waals surface area contributed by atoms with E-state index in [1.54, 1.807) is 11.3 Å². The van der Waals surface area contributed by atoms with Crippen LogP contribution in [0.4, 0.5) is 11.9 Å². The molecule has 2 aromatic heterocycles. The van der Waals surface area contributed by atoms with Crippen LogP contribution in [0.1, 0.15) is 18.2 Å². The molecular formula is C12H15BrClN5S. The minimum atomic E-state index is 0.202. The van der Waals surface area contributed by atoms with Crippen LogP contribution in [0.3, 0.4) is 0 Å². The number of aromatic nitrogens is 3. The van der Waals surface area contributed by atoms with Crippen molar-refractivity contribution < 1.29 is 0 Å². The van der Waals surface area contributed by atoms with Gasteiger partial charge in [-0.15, -0.1) is 11.3 Å². The summed E-state index contributed by atoms with van der Waals surface area (Å²) in [5.41, 5.74) is 0. The lowest BCUT2D eigenvalue weighted by molar-refractivity contribution is 0.856. The van der Waals surface area contributed by atoms with Crippen molar-refractivity contribution in [1.29, 1.82) is 0 Å². The number of thiophene rings is 1. The van der Waals surface area contributed by atoms with E-state index in [1.807, 2.05) is 11.9 Å².